The van der Waals surface area contributed by atoms with Crippen LogP contribution in [0.2, 0.25) is 0 Å². The standard InChI is InChI=1S/C41H62N2O6S/c1-25(2)26-12-17-41(34(47)48-22-20-42-35-43-21-23-50-35)19-18-39(8)27(32(26)41)10-11-29-38(7)15-14-30(49-31(44)24-36(3,4)33(45)46)37(5,6)28(38)13-16-40(29,39)9/h21,23,26-30,32H,1,10-20,22,24H2,2-9H3,(H,42,43)(H,45,46)/t26-,27+,28-,29+,30-,32+,38-,39+,40+,41-/m0/s1. The smallest absolute Gasteiger partial charge is 0.312 e. The largest absolute Gasteiger partial charge is 0.481 e. The molecule has 9 heteroatoms. The molecule has 0 radical (unpaired) electrons. The number of carboxylic acids is 1. The molecular formula is C41H62N2O6S. The zero-order valence-corrected chi connectivity index (χ0v) is 32.7. The Morgan fingerprint density at radius 3 is 2.38 bits per heavy atom. The highest BCUT2D eigenvalue weighted by Gasteiger charge is 2.72. The van der Waals surface area contributed by atoms with Gasteiger partial charge in [0.2, 0.25) is 0 Å². The number of nitrogens with one attached hydrogen (secondary N) is 1. The zero-order chi connectivity index (χ0) is 36.5. The fourth-order valence-electron chi connectivity index (χ4n) is 13.1. The van der Waals surface area contributed by atoms with Crippen LogP contribution in [0.1, 0.15) is 126 Å². The third-order valence-electron chi connectivity index (χ3n) is 15.9. The molecule has 0 aromatic carbocycles. The third-order valence-corrected chi connectivity index (χ3v) is 16.6. The first-order valence-electron chi connectivity index (χ1n) is 19.2. The zero-order valence-electron chi connectivity index (χ0n) is 31.9. The molecule has 0 unspecified atom stereocenters. The third kappa shape index (κ3) is 5.74. The molecule has 0 aliphatic heterocycles. The normalized spacial score (nSPS) is 40.3. The van der Waals surface area contributed by atoms with Gasteiger partial charge >= 0.3 is 17.9 Å². The van der Waals surface area contributed by atoms with Gasteiger partial charge in [-0.25, -0.2) is 4.98 Å². The van der Waals surface area contributed by atoms with Gasteiger partial charge in [0.05, 0.1) is 23.8 Å². The molecule has 1 heterocycles. The fraction of sp³-hybridized carbons (Fsp3) is 0.805. The van der Waals surface area contributed by atoms with Crippen molar-refractivity contribution in [1.29, 1.82) is 0 Å². The van der Waals surface area contributed by atoms with Crippen LogP contribution in [0.3, 0.4) is 0 Å². The number of ether oxygens (including phenoxy) is 2. The maximum atomic E-state index is 14.2. The molecule has 5 fully saturated rings. The van der Waals surface area contributed by atoms with Crippen LogP contribution in [0.25, 0.3) is 0 Å². The van der Waals surface area contributed by atoms with Crippen molar-refractivity contribution in [2.75, 3.05) is 18.5 Å². The van der Waals surface area contributed by atoms with E-state index in [1.165, 1.54) is 5.57 Å². The van der Waals surface area contributed by atoms with Crippen molar-refractivity contribution >= 4 is 34.4 Å². The molecule has 10 atom stereocenters. The first-order chi connectivity index (χ1) is 23.3. The summed E-state index contributed by atoms with van der Waals surface area (Å²) < 4.78 is 12.3. The minimum Gasteiger partial charge on any atom is -0.481 e. The monoisotopic (exact) mass is 710 g/mol. The second-order valence-electron chi connectivity index (χ2n) is 18.9. The Balaban J connectivity index is 1.22. The first-order valence-corrected chi connectivity index (χ1v) is 20.1. The Hall–Kier alpha value is -2.42. The van der Waals surface area contributed by atoms with Crippen LogP contribution in [0.15, 0.2) is 23.7 Å². The lowest BCUT2D eigenvalue weighted by Crippen LogP contribution is -2.67. The summed E-state index contributed by atoms with van der Waals surface area (Å²) in [7, 11) is 0. The maximum Gasteiger partial charge on any atom is 0.312 e. The summed E-state index contributed by atoms with van der Waals surface area (Å²) in [6, 6.07) is 0. The topological polar surface area (TPSA) is 115 Å². The van der Waals surface area contributed by atoms with Crippen LogP contribution < -0.4 is 5.32 Å². The number of thiazole rings is 1. The highest BCUT2D eigenvalue weighted by atomic mass is 32.1. The number of fused-ring (bicyclic) bond motifs is 7. The highest BCUT2D eigenvalue weighted by molar-refractivity contribution is 7.13. The van der Waals surface area contributed by atoms with Crippen LogP contribution in [0, 0.1) is 62.1 Å². The van der Waals surface area contributed by atoms with Gasteiger partial charge in [-0.05, 0) is 131 Å². The molecular weight excluding hydrogens is 649 g/mol. The van der Waals surface area contributed by atoms with E-state index in [9.17, 15) is 19.5 Å². The summed E-state index contributed by atoms with van der Waals surface area (Å²) in [4.78, 5) is 43.3. The number of hydrogen-bond donors (Lipinski definition) is 2. The summed E-state index contributed by atoms with van der Waals surface area (Å²) in [5.74, 6) is 0.576. The molecule has 1 aromatic rings. The predicted molar refractivity (Wildman–Crippen MR) is 196 cm³/mol. The summed E-state index contributed by atoms with van der Waals surface area (Å²) in [5, 5.41) is 15.7. The molecule has 0 amide bonds. The number of carbonyl (C=O) groups is 3. The Morgan fingerprint density at radius 1 is 0.980 bits per heavy atom. The van der Waals surface area contributed by atoms with Crippen LogP contribution in [-0.4, -0.2) is 47.3 Å². The fourth-order valence-corrected chi connectivity index (χ4v) is 13.6. The first kappa shape index (κ1) is 37.3. The van der Waals surface area contributed by atoms with Gasteiger partial charge in [-0.3, -0.25) is 14.4 Å². The van der Waals surface area contributed by atoms with Crippen molar-refractivity contribution in [2.45, 2.75) is 132 Å². The summed E-state index contributed by atoms with van der Waals surface area (Å²) in [5.41, 5.74) is -0.274. The van der Waals surface area contributed by atoms with Gasteiger partial charge in [0, 0.05) is 17.0 Å². The quantitative estimate of drug-likeness (QED) is 0.140. The van der Waals surface area contributed by atoms with Gasteiger partial charge in [0.25, 0.3) is 0 Å². The molecule has 5 aliphatic carbocycles. The number of carboxylic acid groups (broad SMARTS) is 1. The molecule has 2 N–H and O–H groups in total. The van der Waals surface area contributed by atoms with E-state index in [0.29, 0.717) is 36.8 Å². The van der Waals surface area contributed by atoms with Crippen molar-refractivity contribution in [3.05, 3.63) is 23.7 Å². The molecule has 0 saturated heterocycles. The maximum absolute atomic E-state index is 14.2. The van der Waals surface area contributed by atoms with Crippen molar-refractivity contribution in [2.24, 2.45) is 62.1 Å². The number of nitrogens with zero attached hydrogens (tertiary/aromatic N) is 1. The van der Waals surface area contributed by atoms with E-state index in [1.807, 2.05) is 5.38 Å². The number of carbonyl (C=O) groups excluding carboxylic acids is 2. The Kier molecular flexibility index (Phi) is 9.64. The number of rotatable bonds is 10. The predicted octanol–water partition coefficient (Wildman–Crippen LogP) is 9.17. The van der Waals surface area contributed by atoms with Gasteiger partial charge in [-0.2, -0.15) is 0 Å². The van der Waals surface area contributed by atoms with E-state index in [1.54, 1.807) is 31.4 Å². The number of anilines is 1. The molecule has 1 aromatic heterocycles. The van der Waals surface area contributed by atoms with Crippen molar-refractivity contribution < 1.29 is 29.0 Å². The lowest BCUT2D eigenvalue weighted by atomic mass is 9.32. The summed E-state index contributed by atoms with van der Waals surface area (Å²) >= 11 is 1.55. The Labute approximate surface area is 303 Å². The number of aliphatic carboxylic acids is 1. The molecule has 278 valence electrons. The molecule has 0 spiro atoms. The molecule has 8 nitrogen and oxygen atoms in total. The summed E-state index contributed by atoms with van der Waals surface area (Å²) in [6.07, 6.45) is 11.6. The summed E-state index contributed by atoms with van der Waals surface area (Å²) in [6.45, 7) is 23.0. The van der Waals surface area contributed by atoms with E-state index in [0.717, 1.165) is 69.3 Å². The van der Waals surface area contributed by atoms with Crippen LogP contribution in [0.4, 0.5) is 5.13 Å². The highest BCUT2D eigenvalue weighted by Crippen LogP contribution is 2.77. The van der Waals surface area contributed by atoms with Gasteiger partial charge in [-0.15, -0.1) is 11.3 Å². The molecule has 6 rings (SSSR count). The number of allylic oxidation sites excluding steroid dienone is 1. The van der Waals surface area contributed by atoms with Crippen molar-refractivity contribution in [1.82, 2.24) is 4.98 Å². The van der Waals surface area contributed by atoms with E-state index in [4.69, 9.17) is 9.47 Å². The van der Waals surface area contributed by atoms with E-state index >= 15 is 0 Å². The lowest BCUT2D eigenvalue weighted by Gasteiger charge is -2.72. The second kappa shape index (κ2) is 12.9. The van der Waals surface area contributed by atoms with Crippen LogP contribution in [0.5, 0.6) is 0 Å². The van der Waals surface area contributed by atoms with E-state index in [-0.39, 0.29) is 46.1 Å². The number of aromatic nitrogens is 1. The Morgan fingerprint density at radius 2 is 1.72 bits per heavy atom. The SMILES string of the molecule is C=C(C)[C@@H]1CC[C@]2(C(=O)OCCNc3nccs3)CC[C@]3(C)[C@H](CC[C@@H]4[C@@]5(C)CC[C@H](OC(=O)CC(C)(C)C(=O)O)C(C)(C)[C@@H]5CC[C@]43C)[C@@H]12. The lowest BCUT2D eigenvalue weighted by molar-refractivity contribution is -0.251. The minimum absolute atomic E-state index is 0.00135. The Bertz CT molecular complexity index is 1490. The van der Waals surface area contributed by atoms with Gasteiger partial charge in [0.1, 0.15) is 12.7 Å². The van der Waals surface area contributed by atoms with Crippen molar-refractivity contribution in [3.8, 4) is 0 Å². The second-order valence-corrected chi connectivity index (χ2v) is 19.8. The van der Waals surface area contributed by atoms with Crippen LogP contribution in [-0.2, 0) is 23.9 Å². The average molecular weight is 711 g/mol. The number of hydrogen-bond acceptors (Lipinski definition) is 8. The van der Waals surface area contributed by atoms with Crippen molar-refractivity contribution in [3.63, 3.8) is 0 Å². The van der Waals surface area contributed by atoms with E-state index in [2.05, 4.69) is 58.4 Å². The van der Waals surface area contributed by atoms with Crippen LogP contribution >= 0.6 is 11.3 Å². The number of esters is 2. The van der Waals surface area contributed by atoms with Gasteiger partial charge in [-0.1, -0.05) is 46.8 Å². The minimum atomic E-state index is -1.15. The molecule has 5 saturated carbocycles. The van der Waals surface area contributed by atoms with E-state index < -0.39 is 22.8 Å². The molecule has 0 bridgehead atoms. The molecule has 5 aliphatic rings. The van der Waals surface area contributed by atoms with Gasteiger partial charge < -0.3 is 19.9 Å². The molecule has 50 heavy (non-hydrogen) atoms. The average Bonchev–Trinajstić information content (AvgIpc) is 3.70. The van der Waals surface area contributed by atoms with Gasteiger partial charge in [0.15, 0.2) is 5.13 Å².